The quantitative estimate of drug-likeness (QED) is 0.460. The summed E-state index contributed by atoms with van der Waals surface area (Å²) in [6.45, 7) is 13.1. The summed E-state index contributed by atoms with van der Waals surface area (Å²) in [5, 5.41) is 0. The molecule has 14 heavy (non-hydrogen) atoms. The fourth-order valence-corrected chi connectivity index (χ4v) is 1.29. The second-order valence-corrected chi connectivity index (χ2v) is 3.07. The molecule has 0 heterocycles. The van der Waals surface area contributed by atoms with Gasteiger partial charge < -0.3 is 4.74 Å². The minimum absolute atomic E-state index is 0.255. The first-order chi connectivity index (χ1) is 6.66. The minimum atomic E-state index is -0.681. The van der Waals surface area contributed by atoms with Crippen molar-refractivity contribution in [1.82, 2.24) is 0 Å². The van der Waals surface area contributed by atoms with Gasteiger partial charge in [0.25, 0.3) is 0 Å². The van der Waals surface area contributed by atoms with Crippen molar-refractivity contribution in [2.24, 2.45) is 5.41 Å². The first-order valence-corrected chi connectivity index (χ1v) is 4.69. The monoisotopic (exact) mass is 194 g/mol. The normalized spacial score (nSPS) is 10.4. The number of hydrogen-bond donors (Lipinski definition) is 0. The number of allylic oxidation sites excluding steroid dienone is 2. The van der Waals surface area contributed by atoms with Crippen LogP contribution in [0.15, 0.2) is 38.0 Å². The zero-order chi connectivity index (χ0) is 11.0. The van der Waals surface area contributed by atoms with E-state index < -0.39 is 5.41 Å². The van der Waals surface area contributed by atoms with Crippen LogP contribution in [0.5, 0.6) is 0 Å². The Kier molecular flexibility index (Phi) is 5.61. The molecule has 0 radical (unpaired) electrons. The first kappa shape index (κ1) is 12.7. The Balaban J connectivity index is 4.79. The lowest BCUT2D eigenvalue weighted by molar-refractivity contribution is -0.152. The SMILES string of the molecule is C=CCC(C=C)(CC=C)C(=O)OCC. The second-order valence-electron chi connectivity index (χ2n) is 3.07. The number of rotatable bonds is 7. The Morgan fingerprint density at radius 3 is 2.07 bits per heavy atom. The van der Waals surface area contributed by atoms with Crippen LogP contribution in [0.3, 0.4) is 0 Å². The molecule has 0 aliphatic heterocycles. The van der Waals surface area contributed by atoms with Crippen molar-refractivity contribution in [2.75, 3.05) is 6.61 Å². The average Bonchev–Trinajstić information content (AvgIpc) is 2.17. The van der Waals surface area contributed by atoms with Crippen molar-refractivity contribution in [1.29, 1.82) is 0 Å². The van der Waals surface area contributed by atoms with Crippen LogP contribution in [0.4, 0.5) is 0 Å². The van der Waals surface area contributed by atoms with Gasteiger partial charge in [0.15, 0.2) is 0 Å². The molecule has 0 aromatic carbocycles. The Morgan fingerprint density at radius 1 is 1.29 bits per heavy atom. The first-order valence-electron chi connectivity index (χ1n) is 4.69. The van der Waals surface area contributed by atoms with Crippen LogP contribution in [-0.2, 0) is 9.53 Å². The standard InChI is InChI=1S/C12H18O2/c1-5-9-12(7-3,10-6-2)11(13)14-8-4/h5-7H,1-3,8-10H2,4H3. The molecule has 0 spiro atoms. The molecule has 0 aromatic heterocycles. The Morgan fingerprint density at radius 2 is 1.79 bits per heavy atom. The number of hydrogen-bond acceptors (Lipinski definition) is 2. The Bertz CT molecular complexity index is 218. The van der Waals surface area contributed by atoms with E-state index >= 15 is 0 Å². The summed E-state index contributed by atoms with van der Waals surface area (Å²) in [5.74, 6) is -0.255. The van der Waals surface area contributed by atoms with Crippen LogP contribution in [-0.4, -0.2) is 12.6 Å². The molecule has 0 aromatic rings. The molecule has 0 bridgehead atoms. The van der Waals surface area contributed by atoms with Gasteiger partial charge in [-0.15, -0.1) is 19.7 Å². The molecule has 0 rings (SSSR count). The molecular formula is C12H18O2. The van der Waals surface area contributed by atoms with Crippen molar-refractivity contribution in [3.8, 4) is 0 Å². The maximum absolute atomic E-state index is 11.7. The number of carbonyl (C=O) groups is 1. The van der Waals surface area contributed by atoms with Gasteiger partial charge in [-0.25, -0.2) is 0 Å². The molecule has 0 saturated heterocycles. The molecule has 2 nitrogen and oxygen atoms in total. The third kappa shape index (κ3) is 2.87. The Hall–Kier alpha value is -1.31. The van der Waals surface area contributed by atoms with Crippen LogP contribution in [0.25, 0.3) is 0 Å². The average molecular weight is 194 g/mol. The van der Waals surface area contributed by atoms with Crippen molar-refractivity contribution in [3.05, 3.63) is 38.0 Å². The molecule has 0 aliphatic rings. The van der Waals surface area contributed by atoms with Gasteiger partial charge in [-0.2, -0.15) is 0 Å². The lowest BCUT2D eigenvalue weighted by atomic mass is 9.81. The van der Waals surface area contributed by atoms with Crippen LogP contribution in [0, 0.1) is 5.41 Å². The maximum Gasteiger partial charge on any atom is 0.316 e. The zero-order valence-corrected chi connectivity index (χ0v) is 8.79. The van der Waals surface area contributed by atoms with E-state index in [-0.39, 0.29) is 5.97 Å². The fourth-order valence-electron chi connectivity index (χ4n) is 1.29. The molecule has 0 atom stereocenters. The summed E-state index contributed by atoms with van der Waals surface area (Å²) >= 11 is 0. The van der Waals surface area contributed by atoms with Gasteiger partial charge in [0.1, 0.15) is 0 Å². The van der Waals surface area contributed by atoms with Crippen LogP contribution in [0.2, 0.25) is 0 Å². The van der Waals surface area contributed by atoms with Crippen LogP contribution < -0.4 is 0 Å². The van der Waals surface area contributed by atoms with Crippen molar-refractivity contribution in [2.45, 2.75) is 19.8 Å². The summed E-state index contributed by atoms with van der Waals surface area (Å²) in [6.07, 6.45) is 6.07. The van der Waals surface area contributed by atoms with Gasteiger partial charge in [-0.1, -0.05) is 18.2 Å². The highest BCUT2D eigenvalue weighted by Gasteiger charge is 2.34. The van der Waals surface area contributed by atoms with Gasteiger partial charge in [0, 0.05) is 0 Å². The summed E-state index contributed by atoms with van der Waals surface area (Å²) in [7, 11) is 0. The van der Waals surface area contributed by atoms with Gasteiger partial charge in [0.2, 0.25) is 0 Å². The lowest BCUT2D eigenvalue weighted by Crippen LogP contribution is -2.30. The third-order valence-corrected chi connectivity index (χ3v) is 2.09. The van der Waals surface area contributed by atoms with Gasteiger partial charge in [-0.3, -0.25) is 4.79 Å². The topological polar surface area (TPSA) is 26.3 Å². The molecular weight excluding hydrogens is 176 g/mol. The van der Waals surface area contributed by atoms with E-state index in [4.69, 9.17) is 4.74 Å². The van der Waals surface area contributed by atoms with E-state index in [2.05, 4.69) is 19.7 Å². The maximum atomic E-state index is 11.7. The predicted molar refractivity (Wildman–Crippen MR) is 58.9 cm³/mol. The highest BCUT2D eigenvalue weighted by atomic mass is 16.5. The molecule has 0 unspecified atom stereocenters. The van der Waals surface area contributed by atoms with Gasteiger partial charge >= 0.3 is 5.97 Å². The minimum Gasteiger partial charge on any atom is -0.465 e. The van der Waals surface area contributed by atoms with E-state index in [0.29, 0.717) is 19.4 Å². The lowest BCUT2D eigenvalue weighted by Gasteiger charge is -2.25. The molecule has 2 heteroatoms. The smallest absolute Gasteiger partial charge is 0.316 e. The fraction of sp³-hybridized carbons (Fsp3) is 0.417. The molecule has 0 N–H and O–H groups in total. The molecule has 0 fully saturated rings. The van der Waals surface area contributed by atoms with Crippen LogP contribution in [0.1, 0.15) is 19.8 Å². The number of ether oxygens (including phenoxy) is 1. The highest BCUT2D eigenvalue weighted by molar-refractivity contribution is 5.79. The van der Waals surface area contributed by atoms with Gasteiger partial charge in [-0.05, 0) is 19.8 Å². The summed E-state index contributed by atoms with van der Waals surface area (Å²) in [4.78, 5) is 11.7. The molecule has 0 saturated carbocycles. The van der Waals surface area contributed by atoms with Crippen molar-refractivity contribution in [3.63, 3.8) is 0 Å². The predicted octanol–water partition coefficient (Wildman–Crippen LogP) is 2.87. The molecule has 0 amide bonds. The Labute approximate surface area is 86.0 Å². The van der Waals surface area contributed by atoms with Crippen LogP contribution >= 0.6 is 0 Å². The summed E-state index contributed by atoms with van der Waals surface area (Å²) < 4.78 is 5.00. The van der Waals surface area contributed by atoms with E-state index in [0.717, 1.165) is 0 Å². The second kappa shape index (κ2) is 6.19. The van der Waals surface area contributed by atoms with E-state index in [9.17, 15) is 4.79 Å². The number of carbonyl (C=O) groups excluding carboxylic acids is 1. The highest BCUT2D eigenvalue weighted by Crippen LogP contribution is 2.30. The van der Waals surface area contributed by atoms with Gasteiger partial charge in [0.05, 0.1) is 12.0 Å². The van der Waals surface area contributed by atoms with E-state index in [1.54, 1.807) is 25.2 Å². The van der Waals surface area contributed by atoms with Crippen molar-refractivity contribution >= 4 is 5.97 Å². The third-order valence-electron chi connectivity index (χ3n) is 2.09. The summed E-state index contributed by atoms with van der Waals surface area (Å²) in [5.41, 5.74) is -0.681. The summed E-state index contributed by atoms with van der Waals surface area (Å²) in [6, 6.07) is 0. The van der Waals surface area contributed by atoms with E-state index in [1.807, 2.05) is 0 Å². The molecule has 78 valence electrons. The van der Waals surface area contributed by atoms with Crippen molar-refractivity contribution < 1.29 is 9.53 Å². The number of esters is 1. The largest absolute Gasteiger partial charge is 0.465 e. The van der Waals surface area contributed by atoms with E-state index in [1.165, 1.54) is 0 Å². The zero-order valence-electron chi connectivity index (χ0n) is 8.79. The molecule has 0 aliphatic carbocycles.